The molecule has 0 atom stereocenters. The van der Waals surface area contributed by atoms with Crippen molar-refractivity contribution in [3.05, 3.63) is 16.1 Å². The topological polar surface area (TPSA) is 30.0 Å². The number of hydrogen-bond donors (Lipinski definition) is 0. The molecule has 9 heavy (non-hydrogen) atoms. The Balaban J connectivity index is 2.86. The SMILES string of the molecule is O=Cc1nc(CCl)cs1. The molecule has 0 saturated carbocycles. The highest BCUT2D eigenvalue weighted by Crippen LogP contribution is 2.08. The summed E-state index contributed by atoms with van der Waals surface area (Å²) in [4.78, 5) is 13.9. The lowest BCUT2D eigenvalue weighted by Crippen LogP contribution is -1.78. The molecule has 2 nitrogen and oxygen atoms in total. The average molecular weight is 162 g/mol. The van der Waals surface area contributed by atoms with Crippen LogP contribution in [0.15, 0.2) is 5.38 Å². The molecule has 4 heteroatoms. The highest BCUT2D eigenvalue weighted by molar-refractivity contribution is 7.11. The van der Waals surface area contributed by atoms with Gasteiger partial charge in [0.25, 0.3) is 0 Å². The smallest absolute Gasteiger partial charge is 0.178 e. The van der Waals surface area contributed by atoms with Crippen molar-refractivity contribution in [2.75, 3.05) is 0 Å². The van der Waals surface area contributed by atoms with Crippen LogP contribution < -0.4 is 0 Å². The molecule has 0 aliphatic rings. The zero-order valence-corrected chi connectivity index (χ0v) is 6.08. The lowest BCUT2D eigenvalue weighted by atomic mass is 10.6. The van der Waals surface area contributed by atoms with Crippen molar-refractivity contribution in [2.24, 2.45) is 0 Å². The Bertz CT molecular complexity index is 210. The van der Waals surface area contributed by atoms with E-state index in [9.17, 15) is 4.79 Å². The molecule has 1 rings (SSSR count). The van der Waals surface area contributed by atoms with Crippen LogP contribution in [0.3, 0.4) is 0 Å². The third-order valence-corrected chi connectivity index (χ3v) is 1.90. The van der Waals surface area contributed by atoms with Crippen molar-refractivity contribution in [1.82, 2.24) is 4.98 Å². The summed E-state index contributed by atoms with van der Waals surface area (Å²) in [5.41, 5.74) is 0.767. The van der Waals surface area contributed by atoms with Crippen molar-refractivity contribution < 1.29 is 4.79 Å². The summed E-state index contributed by atoms with van der Waals surface area (Å²) >= 11 is 6.74. The van der Waals surface area contributed by atoms with E-state index < -0.39 is 0 Å². The van der Waals surface area contributed by atoms with Gasteiger partial charge in [0, 0.05) is 5.38 Å². The van der Waals surface area contributed by atoms with Gasteiger partial charge in [-0.3, -0.25) is 4.79 Å². The second kappa shape index (κ2) is 2.94. The average Bonchev–Trinajstić information content (AvgIpc) is 2.34. The van der Waals surface area contributed by atoms with Crippen LogP contribution in [0.4, 0.5) is 0 Å². The van der Waals surface area contributed by atoms with Gasteiger partial charge in [0.05, 0.1) is 11.6 Å². The molecule has 0 aliphatic carbocycles. The predicted octanol–water partition coefficient (Wildman–Crippen LogP) is 1.69. The predicted molar refractivity (Wildman–Crippen MR) is 37.1 cm³/mol. The van der Waals surface area contributed by atoms with Crippen LogP contribution in [0.25, 0.3) is 0 Å². The van der Waals surface area contributed by atoms with E-state index in [0.717, 1.165) is 12.0 Å². The summed E-state index contributed by atoms with van der Waals surface area (Å²) in [5.74, 6) is 0.379. The lowest BCUT2D eigenvalue weighted by Gasteiger charge is -1.77. The molecule has 1 aromatic rings. The number of carbonyl (C=O) groups is 1. The third-order valence-electron chi connectivity index (χ3n) is 0.807. The summed E-state index contributed by atoms with van der Waals surface area (Å²) in [6, 6.07) is 0. The van der Waals surface area contributed by atoms with Crippen LogP contribution in [-0.2, 0) is 5.88 Å². The number of aromatic nitrogens is 1. The Morgan fingerprint density at radius 2 is 2.67 bits per heavy atom. The number of hydrogen-bond acceptors (Lipinski definition) is 3. The molecular formula is C5H4ClNOS. The molecule has 0 unspecified atom stereocenters. The molecule has 1 aromatic heterocycles. The van der Waals surface area contributed by atoms with Gasteiger partial charge < -0.3 is 0 Å². The standard InChI is InChI=1S/C5H4ClNOS/c6-1-4-3-9-5(2-8)7-4/h2-3H,1H2. The van der Waals surface area contributed by atoms with Crippen LogP contribution in [0.1, 0.15) is 15.5 Å². The fourth-order valence-electron chi connectivity index (χ4n) is 0.438. The maximum Gasteiger partial charge on any atom is 0.178 e. The second-order valence-electron chi connectivity index (χ2n) is 1.43. The lowest BCUT2D eigenvalue weighted by molar-refractivity contribution is 0.112. The van der Waals surface area contributed by atoms with Gasteiger partial charge in [-0.1, -0.05) is 0 Å². The summed E-state index contributed by atoms with van der Waals surface area (Å²) in [5, 5.41) is 2.27. The maximum atomic E-state index is 10.0. The largest absolute Gasteiger partial charge is 0.295 e. The van der Waals surface area contributed by atoms with Crippen molar-refractivity contribution in [3.63, 3.8) is 0 Å². The van der Waals surface area contributed by atoms with E-state index in [4.69, 9.17) is 11.6 Å². The van der Waals surface area contributed by atoms with E-state index in [1.807, 2.05) is 0 Å². The summed E-state index contributed by atoms with van der Waals surface area (Å²) in [7, 11) is 0. The van der Waals surface area contributed by atoms with Crippen molar-refractivity contribution in [1.29, 1.82) is 0 Å². The third kappa shape index (κ3) is 1.50. The number of thiazole rings is 1. The zero-order chi connectivity index (χ0) is 6.69. The molecule has 0 N–H and O–H groups in total. The number of halogens is 1. The van der Waals surface area contributed by atoms with E-state index in [2.05, 4.69) is 4.98 Å². The quantitative estimate of drug-likeness (QED) is 0.488. The molecule has 0 bridgehead atoms. The van der Waals surface area contributed by atoms with E-state index in [-0.39, 0.29) is 0 Å². The van der Waals surface area contributed by atoms with Gasteiger partial charge in [0.2, 0.25) is 0 Å². The van der Waals surface area contributed by atoms with Gasteiger partial charge >= 0.3 is 0 Å². The molecule has 0 spiro atoms. The summed E-state index contributed by atoms with van der Waals surface area (Å²) < 4.78 is 0. The van der Waals surface area contributed by atoms with Gasteiger partial charge in [-0.15, -0.1) is 22.9 Å². The van der Waals surface area contributed by atoms with Crippen LogP contribution in [-0.4, -0.2) is 11.3 Å². The summed E-state index contributed by atoms with van der Waals surface area (Å²) in [6.07, 6.45) is 0.723. The monoisotopic (exact) mass is 161 g/mol. The number of nitrogens with zero attached hydrogens (tertiary/aromatic N) is 1. The molecule has 0 amide bonds. The van der Waals surface area contributed by atoms with Crippen LogP contribution in [0, 0.1) is 0 Å². The molecule has 0 fully saturated rings. The molecule has 0 saturated heterocycles. The van der Waals surface area contributed by atoms with Gasteiger partial charge in [-0.25, -0.2) is 4.98 Å². The first-order valence-corrected chi connectivity index (χ1v) is 3.74. The number of carbonyl (C=O) groups excluding carboxylic acids is 1. The minimum Gasteiger partial charge on any atom is -0.295 e. The molecular weight excluding hydrogens is 158 g/mol. The Labute approximate surface area is 61.5 Å². The molecule has 0 aliphatic heterocycles. The Morgan fingerprint density at radius 3 is 3.00 bits per heavy atom. The zero-order valence-electron chi connectivity index (χ0n) is 4.50. The first kappa shape index (κ1) is 6.71. The highest BCUT2D eigenvalue weighted by atomic mass is 35.5. The summed E-state index contributed by atoms with van der Waals surface area (Å²) in [6.45, 7) is 0. The van der Waals surface area contributed by atoms with Gasteiger partial charge in [-0.2, -0.15) is 0 Å². The van der Waals surface area contributed by atoms with E-state index in [1.54, 1.807) is 5.38 Å². The minimum atomic E-state index is 0.379. The fraction of sp³-hybridized carbons (Fsp3) is 0.200. The van der Waals surface area contributed by atoms with E-state index in [1.165, 1.54) is 11.3 Å². The van der Waals surface area contributed by atoms with Crippen molar-refractivity contribution in [2.45, 2.75) is 5.88 Å². The van der Waals surface area contributed by atoms with Gasteiger partial charge in [0.1, 0.15) is 0 Å². The number of rotatable bonds is 2. The Hall–Kier alpha value is -0.410. The normalized spacial score (nSPS) is 9.44. The van der Waals surface area contributed by atoms with Gasteiger partial charge in [0.15, 0.2) is 11.3 Å². The highest BCUT2D eigenvalue weighted by Gasteiger charge is 1.96. The molecule has 1 heterocycles. The maximum absolute atomic E-state index is 10.0. The first-order valence-electron chi connectivity index (χ1n) is 2.32. The van der Waals surface area contributed by atoms with Crippen LogP contribution >= 0.6 is 22.9 Å². The second-order valence-corrected chi connectivity index (χ2v) is 2.59. The fourth-order valence-corrected chi connectivity index (χ4v) is 1.28. The number of aldehydes is 1. The first-order chi connectivity index (χ1) is 4.36. The number of alkyl halides is 1. The molecule has 48 valence electrons. The minimum absolute atomic E-state index is 0.379. The van der Waals surface area contributed by atoms with E-state index >= 15 is 0 Å². The van der Waals surface area contributed by atoms with Gasteiger partial charge in [-0.05, 0) is 0 Å². The van der Waals surface area contributed by atoms with E-state index in [0.29, 0.717) is 10.9 Å². The Morgan fingerprint density at radius 1 is 1.89 bits per heavy atom. The van der Waals surface area contributed by atoms with Crippen LogP contribution in [0.2, 0.25) is 0 Å². The van der Waals surface area contributed by atoms with Crippen molar-refractivity contribution in [3.8, 4) is 0 Å². The molecule has 0 radical (unpaired) electrons. The molecule has 0 aromatic carbocycles. The van der Waals surface area contributed by atoms with Crippen molar-refractivity contribution >= 4 is 29.2 Å². The van der Waals surface area contributed by atoms with Crippen LogP contribution in [0.5, 0.6) is 0 Å². The Kier molecular flexibility index (Phi) is 2.19.